The van der Waals surface area contributed by atoms with Crippen molar-refractivity contribution in [2.45, 2.75) is 39.2 Å². The Kier molecular flexibility index (Phi) is 5.56. The van der Waals surface area contributed by atoms with Crippen molar-refractivity contribution >= 4 is 11.7 Å². The molecule has 0 saturated heterocycles. The van der Waals surface area contributed by atoms with Crippen molar-refractivity contribution in [2.75, 3.05) is 11.9 Å². The second kappa shape index (κ2) is 7.44. The summed E-state index contributed by atoms with van der Waals surface area (Å²) in [5.41, 5.74) is 0.634. The number of amides is 2. The van der Waals surface area contributed by atoms with Gasteiger partial charge in [-0.05, 0) is 43.5 Å². The summed E-state index contributed by atoms with van der Waals surface area (Å²) in [4.78, 5) is 11.9. The second-order valence-corrected chi connectivity index (χ2v) is 5.87. The molecule has 6 nitrogen and oxygen atoms in total. The maximum atomic E-state index is 14.2. The van der Waals surface area contributed by atoms with Crippen LogP contribution in [0.1, 0.15) is 32.3 Å². The summed E-state index contributed by atoms with van der Waals surface area (Å²) in [6.07, 6.45) is 4.43. The lowest BCUT2D eigenvalue weighted by molar-refractivity contribution is 0.0354. The molecule has 0 radical (unpaired) electrons. The van der Waals surface area contributed by atoms with Crippen molar-refractivity contribution in [1.29, 1.82) is 0 Å². The Balaban J connectivity index is 2.01. The fourth-order valence-electron chi connectivity index (χ4n) is 2.24. The third kappa shape index (κ3) is 4.32. The first-order valence-corrected chi connectivity index (χ1v) is 7.95. The molecule has 2 aromatic rings. The molecule has 0 unspecified atom stereocenters. The van der Waals surface area contributed by atoms with Crippen LogP contribution in [0.2, 0.25) is 0 Å². The molecular weight excluding hydrogens is 311 g/mol. The predicted octanol–water partition coefficient (Wildman–Crippen LogP) is 2.99. The predicted molar refractivity (Wildman–Crippen MR) is 90.8 cm³/mol. The highest BCUT2D eigenvalue weighted by atomic mass is 19.1. The van der Waals surface area contributed by atoms with E-state index in [0.29, 0.717) is 24.2 Å². The van der Waals surface area contributed by atoms with Crippen LogP contribution >= 0.6 is 0 Å². The number of anilines is 1. The molecule has 0 aliphatic rings. The van der Waals surface area contributed by atoms with E-state index in [1.165, 1.54) is 10.7 Å². The van der Waals surface area contributed by atoms with Crippen LogP contribution in [0, 0.1) is 12.7 Å². The van der Waals surface area contributed by atoms with E-state index < -0.39 is 17.4 Å². The van der Waals surface area contributed by atoms with Crippen molar-refractivity contribution < 1.29 is 14.3 Å². The van der Waals surface area contributed by atoms with Crippen molar-refractivity contribution in [3.05, 3.63) is 42.0 Å². The van der Waals surface area contributed by atoms with E-state index >= 15 is 0 Å². The van der Waals surface area contributed by atoms with Crippen molar-refractivity contribution in [3.8, 4) is 5.69 Å². The summed E-state index contributed by atoms with van der Waals surface area (Å²) in [6, 6.07) is 3.89. The van der Waals surface area contributed by atoms with Crippen LogP contribution in [0.4, 0.5) is 14.9 Å². The minimum absolute atomic E-state index is 0.138. The zero-order valence-corrected chi connectivity index (χ0v) is 14.1. The molecule has 0 spiro atoms. The molecule has 0 bridgehead atoms. The fraction of sp³-hybridized carbons (Fsp3) is 0.412. The zero-order valence-electron chi connectivity index (χ0n) is 14.1. The van der Waals surface area contributed by atoms with Crippen molar-refractivity contribution in [2.24, 2.45) is 0 Å². The standard InChI is InChI=1S/C17H23FN4O2/c1-4-17(24,5-2)11-19-16(23)21-13-6-7-15(14(18)8-13)22-10-12(3)9-20-22/h6-10,24H,4-5,11H2,1-3H3,(H2,19,21,23). The van der Waals surface area contributed by atoms with E-state index in [0.717, 1.165) is 5.56 Å². The van der Waals surface area contributed by atoms with Crippen molar-refractivity contribution in [3.63, 3.8) is 0 Å². The summed E-state index contributed by atoms with van der Waals surface area (Å²) in [7, 11) is 0. The molecular formula is C17H23FN4O2. The Hall–Kier alpha value is -2.41. The number of aliphatic hydroxyl groups is 1. The number of hydrogen-bond acceptors (Lipinski definition) is 3. The molecule has 130 valence electrons. The van der Waals surface area contributed by atoms with Gasteiger partial charge in [0.25, 0.3) is 0 Å². The van der Waals surface area contributed by atoms with Crippen LogP contribution in [0.3, 0.4) is 0 Å². The van der Waals surface area contributed by atoms with Gasteiger partial charge in [-0.25, -0.2) is 13.9 Å². The quantitative estimate of drug-likeness (QED) is 0.760. The lowest BCUT2D eigenvalue weighted by atomic mass is 9.98. The third-order valence-corrected chi connectivity index (χ3v) is 4.06. The summed E-state index contributed by atoms with van der Waals surface area (Å²) >= 11 is 0. The van der Waals surface area contributed by atoms with Gasteiger partial charge in [-0.1, -0.05) is 13.8 Å². The molecule has 1 aromatic carbocycles. The zero-order chi connectivity index (χ0) is 17.7. The number of rotatable bonds is 6. The fourth-order valence-corrected chi connectivity index (χ4v) is 2.24. The minimum atomic E-state index is -0.926. The lowest BCUT2D eigenvalue weighted by Gasteiger charge is -2.25. The summed E-state index contributed by atoms with van der Waals surface area (Å²) in [6.45, 7) is 5.72. The van der Waals surface area contributed by atoms with Crippen LogP contribution in [-0.2, 0) is 0 Å². The van der Waals surface area contributed by atoms with Crippen LogP contribution < -0.4 is 10.6 Å². The first kappa shape index (κ1) is 17.9. The second-order valence-electron chi connectivity index (χ2n) is 5.87. The third-order valence-electron chi connectivity index (χ3n) is 4.06. The van der Waals surface area contributed by atoms with E-state index in [2.05, 4.69) is 15.7 Å². The number of urea groups is 1. The largest absolute Gasteiger partial charge is 0.388 e. The number of carbonyl (C=O) groups excluding carboxylic acids is 1. The lowest BCUT2D eigenvalue weighted by Crippen LogP contribution is -2.43. The number of aryl methyl sites for hydroxylation is 1. The number of aromatic nitrogens is 2. The summed E-state index contributed by atoms with van der Waals surface area (Å²) in [5.74, 6) is -0.491. The van der Waals surface area contributed by atoms with Crippen LogP contribution in [0.15, 0.2) is 30.6 Å². The van der Waals surface area contributed by atoms with Crippen LogP contribution in [-0.4, -0.2) is 33.1 Å². The molecule has 1 aromatic heterocycles. The molecule has 2 rings (SSSR count). The Morgan fingerprint density at radius 3 is 2.62 bits per heavy atom. The Labute approximate surface area is 140 Å². The van der Waals surface area contributed by atoms with Gasteiger partial charge >= 0.3 is 6.03 Å². The van der Waals surface area contributed by atoms with Crippen LogP contribution in [0.5, 0.6) is 0 Å². The molecule has 3 N–H and O–H groups in total. The highest BCUT2D eigenvalue weighted by Crippen LogP contribution is 2.18. The molecule has 7 heteroatoms. The van der Waals surface area contributed by atoms with Gasteiger partial charge in [0.2, 0.25) is 0 Å². The number of nitrogens with zero attached hydrogens (tertiary/aromatic N) is 2. The number of halogens is 1. The minimum Gasteiger partial charge on any atom is -0.388 e. The highest BCUT2D eigenvalue weighted by molar-refractivity contribution is 5.89. The molecule has 0 saturated carbocycles. The number of carbonyl (C=O) groups is 1. The van der Waals surface area contributed by atoms with E-state index in [-0.39, 0.29) is 6.54 Å². The smallest absolute Gasteiger partial charge is 0.319 e. The van der Waals surface area contributed by atoms with E-state index in [1.54, 1.807) is 24.5 Å². The molecule has 0 aliphatic heterocycles. The van der Waals surface area contributed by atoms with Gasteiger partial charge in [0.1, 0.15) is 5.69 Å². The topological polar surface area (TPSA) is 79.2 Å². The summed E-state index contributed by atoms with van der Waals surface area (Å²) < 4.78 is 15.6. The number of hydrogen-bond donors (Lipinski definition) is 3. The molecule has 1 heterocycles. The maximum absolute atomic E-state index is 14.2. The Bertz CT molecular complexity index is 710. The highest BCUT2D eigenvalue weighted by Gasteiger charge is 2.22. The summed E-state index contributed by atoms with van der Waals surface area (Å²) in [5, 5.41) is 19.4. The molecule has 2 amide bonds. The van der Waals surface area contributed by atoms with Gasteiger partial charge in [-0.2, -0.15) is 5.10 Å². The van der Waals surface area contributed by atoms with Gasteiger partial charge in [0.15, 0.2) is 5.82 Å². The molecule has 0 aliphatic carbocycles. The first-order valence-electron chi connectivity index (χ1n) is 7.95. The monoisotopic (exact) mass is 334 g/mol. The van der Waals surface area contributed by atoms with Gasteiger partial charge in [-0.15, -0.1) is 0 Å². The average Bonchev–Trinajstić information content (AvgIpc) is 2.99. The van der Waals surface area contributed by atoms with E-state index in [9.17, 15) is 14.3 Å². The first-order chi connectivity index (χ1) is 11.4. The average molecular weight is 334 g/mol. The molecule has 24 heavy (non-hydrogen) atoms. The number of nitrogens with one attached hydrogen (secondary N) is 2. The molecule has 0 atom stereocenters. The van der Waals surface area contributed by atoms with Gasteiger partial charge in [-0.3, -0.25) is 0 Å². The Morgan fingerprint density at radius 2 is 2.08 bits per heavy atom. The van der Waals surface area contributed by atoms with Gasteiger partial charge in [0.05, 0.1) is 11.8 Å². The van der Waals surface area contributed by atoms with Gasteiger partial charge in [0, 0.05) is 18.4 Å². The van der Waals surface area contributed by atoms with E-state index in [1.807, 2.05) is 20.8 Å². The Morgan fingerprint density at radius 1 is 1.38 bits per heavy atom. The van der Waals surface area contributed by atoms with Gasteiger partial charge < -0.3 is 15.7 Å². The normalized spacial score (nSPS) is 11.4. The van der Waals surface area contributed by atoms with Crippen LogP contribution in [0.25, 0.3) is 5.69 Å². The SMILES string of the molecule is CCC(O)(CC)CNC(=O)Nc1ccc(-n2cc(C)cn2)c(F)c1. The van der Waals surface area contributed by atoms with E-state index in [4.69, 9.17) is 0 Å². The maximum Gasteiger partial charge on any atom is 0.319 e. The molecule has 0 fully saturated rings. The van der Waals surface area contributed by atoms with Crippen molar-refractivity contribution in [1.82, 2.24) is 15.1 Å². The number of benzene rings is 1.